The largest absolute Gasteiger partial charge is 0.480 e. The summed E-state index contributed by atoms with van der Waals surface area (Å²) >= 11 is 5.99. The molecule has 7 heteroatoms. The summed E-state index contributed by atoms with van der Waals surface area (Å²) in [6.45, 7) is 3.32. The van der Waals surface area contributed by atoms with Gasteiger partial charge in [-0.2, -0.15) is 5.10 Å². The molecular weight excluding hydrogens is 330 g/mol. The molecule has 1 aliphatic carbocycles. The molecule has 0 saturated heterocycles. The molecule has 1 amide bonds. The predicted octanol–water partition coefficient (Wildman–Crippen LogP) is 2.82. The molecule has 1 saturated carbocycles. The molecule has 0 aliphatic heterocycles. The highest BCUT2D eigenvalue weighted by Gasteiger charge is 2.48. The van der Waals surface area contributed by atoms with Crippen molar-refractivity contribution in [3.05, 3.63) is 46.7 Å². The van der Waals surface area contributed by atoms with E-state index in [4.69, 9.17) is 11.6 Å². The molecule has 0 spiro atoms. The van der Waals surface area contributed by atoms with Gasteiger partial charge in [-0.3, -0.25) is 4.79 Å². The number of carbonyl (C=O) groups excluding carboxylic acids is 1. The van der Waals surface area contributed by atoms with Crippen molar-refractivity contribution in [1.29, 1.82) is 0 Å². The van der Waals surface area contributed by atoms with Crippen LogP contribution >= 0.6 is 11.6 Å². The van der Waals surface area contributed by atoms with Crippen LogP contribution in [0.2, 0.25) is 5.02 Å². The lowest BCUT2D eigenvalue weighted by Crippen LogP contribution is -2.54. The van der Waals surface area contributed by atoms with E-state index in [1.54, 1.807) is 36.7 Å². The van der Waals surface area contributed by atoms with Gasteiger partial charge in [0.05, 0.1) is 23.1 Å². The average molecular weight is 348 g/mol. The van der Waals surface area contributed by atoms with Crippen LogP contribution < -0.4 is 5.32 Å². The fourth-order valence-electron chi connectivity index (χ4n) is 2.79. The van der Waals surface area contributed by atoms with Crippen LogP contribution in [0, 0.1) is 12.8 Å². The number of benzene rings is 1. The summed E-state index contributed by atoms with van der Waals surface area (Å²) in [4.78, 5) is 24.1. The van der Waals surface area contributed by atoms with E-state index in [1.165, 1.54) is 6.20 Å². The zero-order valence-corrected chi connectivity index (χ0v) is 14.2. The number of amides is 1. The molecule has 0 radical (unpaired) electrons. The first kappa shape index (κ1) is 16.5. The summed E-state index contributed by atoms with van der Waals surface area (Å²) in [6, 6.07) is 7.13. The van der Waals surface area contributed by atoms with Gasteiger partial charge in [-0.25, -0.2) is 9.48 Å². The molecule has 1 fully saturated rings. The molecule has 1 aliphatic rings. The standard InChI is InChI=1S/C17H18ClN3O3/c1-10-14(9-19-21(10)13-5-3-4-12(18)8-13)15(22)20-17(2,16(23)24)11-6-7-11/h3-5,8-9,11H,6-7H2,1-2H3,(H,20,22)(H,23,24)/t17-/m1/s1. The Hall–Kier alpha value is -2.34. The van der Waals surface area contributed by atoms with Crippen LogP contribution in [0.1, 0.15) is 35.8 Å². The maximum absolute atomic E-state index is 12.6. The van der Waals surface area contributed by atoms with Gasteiger partial charge >= 0.3 is 5.97 Å². The van der Waals surface area contributed by atoms with Crippen LogP contribution in [0.4, 0.5) is 0 Å². The SMILES string of the molecule is Cc1c(C(=O)N[C@@](C)(C(=O)O)C2CC2)cnn1-c1cccc(Cl)c1. The van der Waals surface area contributed by atoms with E-state index in [2.05, 4.69) is 10.4 Å². The summed E-state index contributed by atoms with van der Waals surface area (Å²) in [5, 5.41) is 16.9. The van der Waals surface area contributed by atoms with Crippen LogP contribution in [0.5, 0.6) is 0 Å². The summed E-state index contributed by atoms with van der Waals surface area (Å²) in [5.74, 6) is -1.47. The number of carboxylic acid groups (broad SMARTS) is 1. The number of nitrogens with one attached hydrogen (secondary N) is 1. The fraction of sp³-hybridized carbons (Fsp3) is 0.353. The number of carbonyl (C=O) groups is 2. The Morgan fingerprint density at radius 1 is 1.42 bits per heavy atom. The van der Waals surface area contributed by atoms with Crippen LogP contribution in [-0.2, 0) is 4.79 Å². The van der Waals surface area contributed by atoms with Crippen molar-refractivity contribution in [1.82, 2.24) is 15.1 Å². The first-order valence-corrected chi connectivity index (χ1v) is 8.07. The van der Waals surface area contributed by atoms with Crippen LogP contribution in [-0.4, -0.2) is 32.3 Å². The highest BCUT2D eigenvalue weighted by Crippen LogP contribution is 2.40. The van der Waals surface area contributed by atoms with E-state index in [0.717, 1.165) is 18.5 Å². The number of hydrogen-bond donors (Lipinski definition) is 2. The molecule has 1 atom stereocenters. The average Bonchev–Trinajstić information content (AvgIpc) is 3.30. The lowest BCUT2D eigenvalue weighted by atomic mass is 9.95. The van der Waals surface area contributed by atoms with E-state index < -0.39 is 17.4 Å². The van der Waals surface area contributed by atoms with Gasteiger partial charge in [-0.05, 0) is 50.8 Å². The quantitative estimate of drug-likeness (QED) is 0.871. The number of nitrogens with zero attached hydrogens (tertiary/aromatic N) is 2. The van der Waals surface area contributed by atoms with Gasteiger partial charge in [-0.1, -0.05) is 17.7 Å². The molecule has 1 aromatic heterocycles. The van der Waals surface area contributed by atoms with Gasteiger partial charge in [0.15, 0.2) is 0 Å². The van der Waals surface area contributed by atoms with Crippen molar-refractivity contribution in [2.45, 2.75) is 32.2 Å². The Bertz CT molecular complexity index is 813. The van der Waals surface area contributed by atoms with E-state index >= 15 is 0 Å². The number of aromatic nitrogens is 2. The number of hydrogen-bond acceptors (Lipinski definition) is 3. The zero-order valence-electron chi connectivity index (χ0n) is 13.4. The molecule has 126 valence electrons. The summed E-state index contributed by atoms with van der Waals surface area (Å²) in [7, 11) is 0. The zero-order chi connectivity index (χ0) is 17.5. The molecule has 24 heavy (non-hydrogen) atoms. The summed E-state index contributed by atoms with van der Waals surface area (Å²) < 4.78 is 1.61. The van der Waals surface area contributed by atoms with E-state index in [0.29, 0.717) is 16.3 Å². The van der Waals surface area contributed by atoms with Crippen molar-refractivity contribution < 1.29 is 14.7 Å². The fourth-order valence-corrected chi connectivity index (χ4v) is 2.98. The second-order valence-corrected chi connectivity index (χ2v) is 6.71. The lowest BCUT2D eigenvalue weighted by Gasteiger charge is -2.26. The van der Waals surface area contributed by atoms with E-state index in [-0.39, 0.29) is 5.92 Å². The third-order valence-corrected chi connectivity index (χ3v) is 4.75. The maximum atomic E-state index is 12.6. The van der Waals surface area contributed by atoms with E-state index in [9.17, 15) is 14.7 Å². The van der Waals surface area contributed by atoms with Gasteiger partial charge < -0.3 is 10.4 Å². The van der Waals surface area contributed by atoms with Gasteiger partial charge in [0, 0.05) is 5.02 Å². The number of aliphatic carboxylic acids is 1. The summed E-state index contributed by atoms with van der Waals surface area (Å²) in [6.07, 6.45) is 3.06. The van der Waals surface area contributed by atoms with Crippen molar-refractivity contribution in [3.8, 4) is 5.69 Å². The highest BCUT2D eigenvalue weighted by atomic mass is 35.5. The molecule has 0 bridgehead atoms. The topological polar surface area (TPSA) is 84.2 Å². The van der Waals surface area contributed by atoms with E-state index in [1.807, 2.05) is 6.07 Å². The Kier molecular flexibility index (Phi) is 4.09. The smallest absolute Gasteiger partial charge is 0.329 e. The molecule has 6 nitrogen and oxygen atoms in total. The minimum absolute atomic E-state index is 0.0257. The normalized spacial score (nSPS) is 16.5. The predicted molar refractivity (Wildman–Crippen MR) is 89.5 cm³/mol. The molecule has 2 N–H and O–H groups in total. The third-order valence-electron chi connectivity index (χ3n) is 4.52. The van der Waals surface area contributed by atoms with Gasteiger partial charge in [0.2, 0.25) is 0 Å². The van der Waals surface area contributed by atoms with Crippen LogP contribution in [0.3, 0.4) is 0 Å². The molecule has 3 rings (SSSR count). The molecule has 1 aromatic carbocycles. The lowest BCUT2D eigenvalue weighted by molar-refractivity contribution is -0.144. The second kappa shape index (κ2) is 5.94. The summed E-state index contributed by atoms with van der Waals surface area (Å²) in [5.41, 5.74) is 0.463. The van der Waals surface area contributed by atoms with Crippen LogP contribution in [0.25, 0.3) is 5.69 Å². The molecular formula is C17H18ClN3O3. The Balaban J connectivity index is 1.88. The minimum Gasteiger partial charge on any atom is -0.480 e. The van der Waals surface area contributed by atoms with Crippen molar-refractivity contribution in [3.63, 3.8) is 0 Å². The van der Waals surface area contributed by atoms with Crippen molar-refractivity contribution in [2.24, 2.45) is 5.92 Å². The first-order valence-electron chi connectivity index (χ1n) is 7.69. The first-order chi connectivity index (χ1) is 11.3. The second-order valence-electron chi connectivity index (χ2n) is 6.27. The number of rotatable bonds is 5. The van der Waals surface area contributed by atoms with Crippen molar-refractivity contribution in [2.75, 3.05) is 0 Å². The van der Waals surface area contributed by atoms with Crippen LogP contribution in [0.15, 0.2) is 30.5 Å². The molecule has 0 unspecified atom stereocenters. The van der Waals surface area contributed by atoms with Gasteiger partial charge in [0.25, 0.3) is 5.91 Å². The van der Waals surface area contributed by atoms with Gasteiger partial charge in [0.1, 0.15) is 5.54 Å². The minimum atomic E-state index is -1.25. The molecule has 1 heterocycles. The monoisotopic (exact) mass is 347 g/mol. The highest BCUT2D eigenvalue weighted by molar-refractivity contribution is 6.30. The number of halogens is 1. The number of carboxylic acids is 1. The Morgan fingerprint density at radius 2 is 2.12 bits per heavy atom. The maximum Gasteiger partial charge on any atom is 0.329 e. The van der Waals surface area contributed by atoms with Crippen molar-refractivity contribution >= 4 is 23.5 Å². The Labute approximate surface area is 144 Å². The van der Waals surface area contributed by atoms with Gasteiger partial charge in [-0.15, -0.1) is 0 Å². The Morgan fingerprint density at radius 3 is 2.71 bits per heavy atom. The molecule has 2 aromatic rings. The third kappa shape index (κ3) is 2.89.